The van der Waals surface area contributed by atoms with Crippen molar-refractivity contribution >= 4 is 25.7 Å². The number of hydrogen-bond donors (Lipinski definition) is 0. The second-order valence-corrected chi connectivity index (χ2v) is 12.5. The SMILES string of the molecule is CC[P+]1(c2ccccc2)CCC(C)c2ccccc21.F[P-](F)(F)(F)(F)F. The van der Waals surface area contributed by atoms with E-state index in [1.165, 1.54) is 18.7 Å². The average molecular weight is 414 g/mol. The van der Waals surface area contributed by atoms with Crippen molar-refractivity contribution in [3.63, 3.8) is 0 Å². The molecule has 0 nitrogen and oxygen atoms in total. The summed E-state index contributed by atoms with van der Waals surface area (Å²) in [4.78, 5) is 0. The summed E-state index contributed by atoms with van der Waals surface area (Å²) in [5.74, 6) is 0.722. The van der Waals surface area contributed by atoms with E-state index in [9.17, 15) is 25.2 Å². The molecule has 0 aromatic heterocycles. The van der Waals surface area contributed by atoms with Gasteiger partial charge < -0.3 is 0 Å². The Morgan fingerprint density at radius 1 is 0.885 bits per heavy atom. The molecule has 2 aromatic carbocycles. The molecular weight excluding hydrogens is 392 g/mol. The molecule has 2 unspecified atom stereocenters. The quantitative estimate of drug-likeness (QED) is 0.351. The van der Waals surface area contributed by atoms with Crippen molar-refractivity contribution in [1.82, 2.24) is 0 Å². The molecule has 0 spiro atoms. The van der Waals surface area contributed by atoms with E-state index in [1.807, 2.05) is 0 Å². The van der Waals surface area contributed by atoms with Crippen LogP contribution in [0, 0.1) is 0 Å². The Hall–Kier alpha value is -1.12. The van der Waals surface area contributed by atoms with E-state index in [2.05, 4.69) is 68.4 Å². The van der Waals surface area contributed by atoms with Gasteiger partial charge in [0.1, 0.15) is 5.30 Å². The summed E-state index contributed by atoms with van der Waals surface area (Å²) in [6.07, 6.45) is 4.01. The van der Waals surface area contributed by atoms with Gasteiger partial charge in [-0.2, -0.15) is 0 Å². The van der Waals surface area contributed by atoms with Crippen LogP contribution in [0.25, 0.3) is 0 Å². The van der Waals surface area contributed by atoms with Gasteiger partial charge in [0, 0.05) is 0 Å². The van der Waals surface area contributed by atoms with Crippen LogP contribution < -0.4 is 10.6 Å². The van der Waals surface area contributed by atoms with E-state index in [0.29, 0.717) is 0 Å². The molecule has 0 bridgehead atoms. The van der Waals surface area contributed by atoms with Gasteiger partial charge in [0.25, 0.3) is 0 Å². The van der Waals surface area contributed by atoms with Gasteiger partial charge in [-0.1, -0.05) is 43.3 Å². The van der Waals surface area contributed by atoms with Crippen LogP contribution in [0.15, 0.2) is 54.6 Å². The van der Waals surface area contributed by atoms with E-state index in [0.717, 1.165) is 5.92 Å². The van der Waals surface area contributed by atoms with Gasteiger partial charge in [0.2, 0.25) is 0 Å². The number of benzene rings is 2. The fraction of sp³-hybridized carbons (Fsp3) is 0.333. The standard InChI is InChI=1S/C18H22P.F6P/c1-3-19(16-9-5-4-6-10-16)14-13-15(2)17-11-7-8-12-18(17)19;1-7(2,3,4,5)6/h4-12,15H,3,13-14H2,1-2H3;/q+1;-1. The van der Waals surface area contributed by atoms with Crippen molar-refractivity contribution in [2.45, 2.75) is 26.2 Å². The molecule has 2 aromatic rings. The van der Waals surface area contributed by atoms with Crippen LogP contribution in [0.4, 0.5) is 25.2 Å². The van der Waals surface area contributed by atoms with Gasteiger partial charge in [-0.15, -0.1) is 0 Å². The van der Waals surface area contributed by atoms with Crippen molar-refractivity contribution in [2.75, 3.05) is 12.3 Å². The van der Waals surface area contributed by atoms with Crippen LogP contribution in [0.5, 0.6) is 0 Å². The van der Waals surface area contributed by atoms with Crippen molar-refractivity contribution in [1.29, 1.82) is 0 Å². The molecule has 1 aliphatic heterocycles. The van der Waals surface area contributed by atoms with Crippen molar-refractivity contribution < 1.29 is 25.2 Å². The number of rotatable bonds is 2. The molecule has 26 heavy (non-hydrogen) atoms. The van der Waals surface area contributed by atoms with Crippen LogP contribution in [-0.2, 0) is 0 Å². The Balaban J connectivity index is 0.000000298. The number of hydrogen-bond acceptors (Lipinski definition) is 0. The molecule has 0 amide bonds. The Morgan fingerprint density at radius 2 is 1.38 bits per heavy atom. The molecule has 0 saturated carbocycles. The van der Waals surface area contributed by atoms with E-state index in [4.69, 9.17) is 0 Å². The fourth-order valence-electron chi connectivity index (χ4n) is 3.48. The van der Waals surface area contributed by atoms with E-state index in [1.54, 1.807) is 16.2 Å². The Kier molecular flexibility index (Phi) is 5.29. The second kappa shape index (κ2) is 6.49. The normalized spacial score (nSPS) is 25.2. The predicted octanol–water partition coefficient (Wildman–Crippen LogP) is 7.56. The molecule has 0 aliphatic carbocycles. The molecule has 0 N–H and O–H groups in total. The zero-order chi connectivity index (χ0) is 19.7. The van der Waals surface area contributed by atoms with Crippen LogP contribution in [0.2, 0.25) is 0 Å². The molecular formula is C18H22F6P2. The minimum absolute atomic E-state index is 0.722. The van der Waals surface area contributed by atoms with Crippen LogP contribution in [0.1, 0.15) is 31.7 Å². The molecule has 0 radical (unpaired) electrons. The molecule has 1 aliphatic rings. The van der Waals surface area contributed by atoms with Gasteiger partial charge in [-0.3, -0.25) is 0 Å². The van der Waals surface area contributed by atoms with Gasteiger partial charge >= 0.3 is 33.0 Å². The van der Waals surface area contributed by atoms with Gasteiger partial charge in [-0.25, -0.2) is 0 Å². The Labute approximate surface area is 150 Å². The molecule has 8 heteroatoms. The zero-order valence-electron chi connectivity index (χ0n) is 14.6. The van der Waals surface area contributed by atoms with Crippen molar-refractivity contribution in [3.05, 3.63) is 60.2 Å². The first-order valence-electron chi connectivity index (χ1n) is 8.31. The predicted molar refractivity (Wildman–Crippen MR) is 101 cm³/mol. The summed E-state index contributed by atoms with van der Waals surface area (Å²) in [5.41, 5.74) is 1.60. The molecule has 0 saturated heterocycles. The second-order valence-electron chi connectivity index (χ2n) is 6.55. The number of halogens is 6. The Morgan fingerprint density at radius 3 is 1.92 bits per heavy atom. The third-order valence-corrected chi connectivity index (χ3v) is 9.38. The monoisotopic (exact) mass is 414 g/mol. The summed E-state index contributed by atoms with van der Waals surface area (Å²) in [6.45, 7) is 4.76. The third-order valence-electron chi connectivity index (χ3n) is 4.66. The maximum atomic E-state index is 9.87. The van der Waals surface area contributed by atoms with E-state index < -0.39 is 15.1 Å². The Bertz CT molecular complexity index is 747. The van der Waals surface area contributed by atoms with Gasteiger partial charge in [0.05, 0.1) is 24.9 Å². The third kappa shape index (κ3) is 5.96. The van der Waals surface area contributed by atoms with E-state index >= 15 is 0 Å². The summed E-state index contributed by atoms with van der Waals surface area (Å²) in [5, 5.41) is 3.26. The van der Waals surface area contributed by atoms with Crippen LogP contribution >= 0.6 is 15.1 Å². The summed E-state index contributed by atoms with van der Waals surface area (Å²) < 4.78 is 59.2. The summed E-state index contributed by atoms with van der Waals surface area (Å²) in [6, 6.07) is 20.4. The first kappa shape index (κ1) is 21.2. The topological polar surface area (TPSA) is 0 Å². The minimum atomic E-state index is -10.7. The van der Waals surface area contributed by atoms with Crippen molar-refractivity contribution in [3.8, 4) is 0 Å². The summed E-state index contributed by atoms with van der Waals surface area (Å²) >= 11 is 0. The number of fused-ring (bicyclic) bond motifs is 1. The zero-order valence-corrected chi connectivity index (χ0v) is 16.3. The van der Waals surface area contributed by atoms with E-state index in [-0.39, 0.29) is 0 Å². The first-order chi connectivity index (χ1) is 11.7. The van der Waals surface area contributed by atoms with Gasteiger partial charge in [0.15, 0.2) is 0 Å². The fourth-order valence-corrected chi connectivity index (χ4v) is 8.01. The molecule has 2 atom stereocenters. The summed E-state index contributed by atoms with van der Waals surface area (Å²) in [7, 11) is -11.8. The molecule has 0 fully saturated rings. The first-order valence-corrected chi connectivity index (χ1v) is 12.5. The average Bonchev–Trinajstić information content (AvgIpc) is 2.54. The molecule has 146 valence electrons. The van der Waals surface area contributed by atoms with Gasteiger partial charge in [-0.05, 0) is 43.0 Å². The molecule has 1 heterocycles. The van der Waals surface area contributed by atoms with Crippen molar-refractivity contribution in [2.24, 2.45) is 0 Å². The van der Waals surface area contributed by atoms with Crippen LogP contribution in [0.3, 0.4) is 0 Å². The maximum absolute atomic E-state index is 10.7. The van der Waals surface area contributed by atoms with Crippen LogP contribution in [-0.4, -0.2) is 12.3 Å². The molecule has 3 rings (SSSR count).